The molecule has 0 aliphatic rings. The second-order valence-corrected chi connectivity index (χ2v) is 6.67. The summed E-state index contributed by atoms with van der Waals surface area (Å²) in [6, 6.07) is 1.27. The van der Waals surface area contributed by atoms with Crippen LogP contribution in [0.1, 0.15) is 32.4 Å². The molecule has 8 nitrogen and oxygen atoms in total. The van der Waals surface area contributed by atoms with Crippen LogP contribution in [0.5, 0.6) is 5.75 Å². The highest BCUT2D eigenvalue weighted by atomic mass is 32.2. The number of thioether (sulfide) groups is 1. The summed E-state index contributed by atoms with van der Waals surface area (Å²) in [4.78, 5) is 34.3. The van der Waals surface area contributed by atoms with Gasteiger partial charge in [0.1, 0.15) is 12.0 Å². The fourth-order valence-electron chi connectivity index (χ4n) is 1.44. The Labute approximate surface area is 145 Å². The molecule has 2 aromatic heterocycles. The minimum Gasteiger partial charge on any atom is -0.464 e. The Hall–Kier alpha value is -2.20. The summed E-state index contributed by atoms with van der Waals surface area (Å²) in [6.45, 7) is 3.38. The van der Waals surface area contributed by atoms with Crippen LogP contribution in [0.4, 0.5) is 5.13 Å². The van der Waals surface area contributed by atoms with Gasteiger partial charge >= 0.3 is 5.97 Å². The second kappa shape index (κ2) is 8.60. The van der Waals surface area contributed by atoms with Crippen molar-refractivity contribution in [2.24, 2.45) is 0 Å². The van der Waals surface area contributed by atoms with Gasteiger partial charge in [0, 0.05) is 18.9 Å². The number of carbonyl (C=O) groups excluding carboxylic acids is 2. The smallest absolute Gasteiger partial charge is 0.311 e. The molecule has 0 atom stereocenters. The molecular formula is C14H15N3O5S2. The van der Waals surface area contributed by atoms with E-state index < -0.39 is 11.4 Å². The number of aromatic nitrogens is 2. The summed E-state index contributed by atoms with van der Waals surface area (Å²) < 4.78 is 10.8. The van der Waals surface area contributed by atoms with Gasteiger partial charge in [0.25, 0.3) is 0 Å². The summed E-state index contributed by atoms with van der Waals surface area (Å²) >= 11 is 2.55. The van der Waals surface area contributed by atoms with Crippen LogP contribution in [0.2, 0.25) is 0 Å². The van der Waals surface area contributed by atoms with Crippen LogP contribution in [0, 0.1) is 0 Å². The molecule has 0 fully saturated rings. The lowest BCUT2D eigenvalue weighted by Gasteiger charge is -2.02. The van der Waals surface area contributed by atoms with Gasteiger partial charge in [-0.3, -0.25) is 14.4 Å². The van der Waals surface area contributed by atoms with Gasteiger partial charge in [-0.2, -0.15) is 0 Å². The maximum absolute atomic E-state index is 11.8. The molecule has 0 bridgehead atoms. The lowest BCUT2D eigenvalue weighted by atomic mass is 10.4. The predicted molar refractivity (Wildman–Crippen MR) is 89.3 cm³/mol. The van der Waals surface area contributed by atoms with Crippen molar-refractivity contribution in [2.75, 3.05) is 5.32 Å². The first-order valence-corrected chi connectivity index (χ1v) is 8.90. The molecule has 0 radical (unpaired) electrons. The van der Waals surface area contributed by atoms with Crippen LogP contribution in [-0.2, 0) is 15.3 Å². The van der Waals surface area contributed by atoms with Crippen molar-refractivity contribution < 1.29 is 18.7 Å². The van der Waals surface area contributed by atoms with Crippen molar-refractivity contribution >= 4 is 40.1 Å². The maximum Gasteiger partial charge on any atom is 0.311 e. The number of ether oxygens (including phenoxy) is 1. The summed E-state index contributed by atoms with van der Waals surface area (Å²) in [6.07, 6.45) is 1.66. The van der Waals surface area contributed by atoms with E-state index in [1.165, 1.54) is 29.2 Å². The Kier molecular flexibility index (Phi) is 6.50. The first-order chi connectivity index (χ1) is 11.5. The van der Waals surface area contributed by atoms with Crippen LogP contribution in [0.3, 0.4) is 0 Å². The van der Waals surface area contributed by atoms with Gasteiger partial charge in [-0.05, 0) is 0 Å². The molecule has 0 saturated carbocycles. The summed E-state index contributed by atoms with van der Waals surface area (Å²) in [7, 11) is 0. The quantitative estimate of drug-likeness (QED) is 0.450. The molecule has 0 aliphatic carbocycles. The Morgan fingerprint density at radius 3 is 2.79 bits per heavy atom. The normalized spacial score (nSPS) is 10.4. The van der Waals surface area contributed by atoms with Crippen molar-refractivity contribution in [3.8, 4) is 5.75 Å². The van der Waals surface area contributed by atoms with Gasteiger partial charge in [-0.1, -0.05) is 36.9 Å². The van der Waals surface area contributed by atoms with Crippen LogP contribution in [0.15, 0.2) is 25.9 Å². The van der Waals surface area contributed by atoms with E-state index >= 15 is 0 Å². The predicted octanol–water partition coefficient (Wildman–Crippen LogP) is 2.45. The molecule has 0 aromatic carbocycles. The Morgan fingerprint density at radius 2 is 2.12 bits per heavy atom. The number of anilines is 1. The lowest BCUT2D eigenvalue weighted by Crippen LogP contribution is -2.13. The number of rotatable bonds is 7. The van der Waals surface area contributed by atoms with E-state index in [2.05, 4.69) is 15.5 Å². The van der Waals surface area contributed by atoms with E-state index in [-0.39, 0.29) is 18.1 Å². The fraction of sp³-hybridized carbons (Fsp3) is 0.357. The number of esters is 1. The molecule has 0 unspecified atom stereocenters. The van der Waals surface area contributed by atoms with Crippen molar-refractivity contribution in [3.63, 3.8) is 0 Å². The largest absolute Gasteiger partial charge is 0.464 e. The molecule has 2 rings (SSSR count). The van der Waals surface area contributed by atoms with E-state index in [1.807, 2.05) is 0 Å². The molecule has 1 N–H and O–H groups in total. The third-order valence-corrected chi connectivity index (χ3v) is 4.67. The monoisotopic (exact) mass is 369 g/mol. The number of amides is 1. The molecule has 1 amide bonds. The Balaban J connectivity index is 1.95. The van der Waals surface area contributed by atoms with Crippen LogP contribution >= 0.6 is 23.1 Å². The summed E-state index contributed by atoms with van der Waals surface area (Å²) in [5.41, 5.74) is -0.424. The third kappa shape index (κ3) is 5.17. The molecule has 2 aromatic rings. The van der Waals surface area contributed by atoms with Crippen LogP contribution in [0.25, 0.3) is 0 Å². The standard InChI is InChI=1S/C14H15N3O5S2/c1-3-11(19)15-13-16-17-14(24-13)23-7-8-5-9(18)10(6-21-8)22-12(20)4-2/h5-6H,3-4,7H2,1-2H3,(H,15,16,19). The maximum atomic E-state index is 11.8. The van der Waals surface area contributed by atoms with Crippen molar-refractivity contribution in [1.82, 2.24) is 10.2 Å². The molecule has 0 aliphatic heterocycles. The number of nitrogens with zero attached hydrogens (tertiary/aromatic N) is 2. The first-order valence-electron chi connectivity index (χ1n) is 7.10. The third-order valence-electron chi connectivity index (χ3n) is 2.68. The summed E-state index contributed by atoms with van der Waals surface area (Å²) in [5.74, 6) is 0.00529. The highest BCUT2D eigenvalue weighted by Gasteiger charge is 2.11. The molecule has 2 heterocycles. The Bertz CT molecular complexity index is 787. The fourth-order valence-corrected chi connectivity index (χ4v) is 3.10. The van der Waals surface area contributed by atoms with Crippen molar-refractivity contribution in [1.29, 1.82) is 0 Å². The van der Waals surface area contributed by atoms with E-state index in [0.29, 0.717) is 27.4 Å². The molecule has 24 heavy (non-hydrogen) atoms. The van der Waals surface area contributed by atoms with Crippen LogP contribution < -0.4 is 15.5 Å². The molecule has 0 saturated heterocycles. The SMILES string of the molecule is CCC(=O)Nc1nnc(SCc2cc(=O)c(OC(=O)CC)co2)s1. The van der Waals surface area contributed by atoms with E-state index in [0.717, 1.165) is 6.26 Å². The average molecular weight is 369 g/mol. The molecule has 128 valence electrons. The van der Waals surface area contributed by atoms with E-state index in [4.69, 9.17) is 9.15 Å². The Morgan fingerprint density at radius 1 is 1.33 bits per heavy atom. The number of hydrogen-bond acceptors (Lipinski definition) is 9. The van der Waals surface area contributed by atoms with Gasteiger partial charge in [0.15, 0.2) is 4.34 Å². The second-order valence-electron chi connectivity index (χ2n) is 4.47. The van der Waals surface area contributed by atoms with Crippen molar-refractivity contribution in [2.45, 2.75) is 36.8 Å². The zero-order chi connectivity index (χ0) is 17.5. The van der Waals surface area contributed by atoms with Gasteiger partial charge in [-0.15, -0.1) is 10.2 Å². The number of nitrogens with one attached hydrogen (secondary N) is 1. The van der Waals surface area contributed by atoms with Gasteiger partial charge in [0.05, 0.1) is 5.75 Å². The number of carbonyl (C=O) groups is 2. The topological polar surface area (TPSA) is 111 Å². The summed E-state index contributed by atoms with van der Waals surface area (Å²) in [5, 5.41) is 10.8. The zero-order valence-corrected chi connectivity index (χ0v) is 14.7. The van der Waals surface area contributed by atoms with Gasteiger partial charge < -0.3 is 14.5 Å². The minimum atomic E-state index is -0.500. The van der Waals surface area contributed by atoms with E-state index in [9.17, 15) is 14.4 Å². The molecular weight excluding hydrogens is 354 g/mol. The molecule has 10 heteroatoms. The van der Waals surface area contributed by atoms with E-state index in [1.54, 1.807) is 13.8 Å². The highest BCUT2D eigenvalue weighted by molar-refractivity contribution is 8.00. The van der Waals surface area contributed by atoms with Gasteiger partial charge in [-0.25, -0.2) is 0 Å². The number of hydrogen-bond donors (Lipinski definition) is 1. The first kappa shape index (κ1) is 18.1. The molecule has 0 spiro atoms. The van der Waals surface area contributed by atoms with Crippen LogP contribution in [-0.4, -0.2) is 22.1 Å². The highest BCUT2D eigenvalue weighted by Crippen LogP contribution is 2.28. The zero-order valence-electron chi connectivity index (χ0n) is 13.0. The van der Waals surface area contributed by atoms with Crippen molar-refractivity contribution in [3.05, 3.63) is 28.3 Å². The average Bonchev–Trinajstić information content (AvgIpc) is 3.02. The van der Waals surface area contributed by atoms with Gasteiger partial charge in [0.2, 0.25) is 22.2 Å². The lowest BCUT2D eigenvalue weighted by molar-refractivity contribution is -0.134. The minimum absolute atomic E-state index is 0.129.